The third-order valence-electron chi connectivity index (χ3n) is 3.22. The lowest BCUT2D eigenvalue weighted by Gasteiger charge is -2.15. The summed E-state index contributed by atoms with van der Waals surface area (Å²) in [6.07, 6.45) is 1.72. The topological polar surface area (TPSA) is 34.5 Å². The number of amides is 1. The summed E-state index contributed by atoms with van der Waals surface area (Å²) in [5, 5.41) is 0. The third-order valence-corrected chi connectivity index (χ3v) is 3.22. The monoisotopic (exact) mass is 296 g/mol. The second-order valence-corrected chi connectivity index (χ2v) is 4.42. The van der Waals surface area contributed by atoms with E-state index in [1.54, 1.807) is 18.3 Å². The van der Waals surface area contributed by atoms with Crippen LogP contribution in [0.5, 0.6) is 0 Å². The van der Waals surface area contributed by atoms with Crippen LogP contribution in [0.2, 0.25) is 0 Å². The number of H-pyrrole nitrogens is 1. The van der Waals surface area contributed by atoms with E-state index in [2.05, 4.69) is 4.98 Å². The van der Waals surface area contributed by atoms with E-state index in [0.29, 0.717) is 12.1 Å². The van der Waals surface area contributed by atoms with Crippen molar-refractivity contribution in [1.29, 1.82) is 0 Å². The number of benzene rings is 1. The lowest BCUT2D eigenvalue weighted by molar-refractivity contribution is -0.391. The highest BCUT2D eigenvalue weighted by atomic mass is 35.5. The van der Waals surface area contributed by atoms with Gasteiger partial charge in [0.15, 0.2) is 6.20 Å². The van der Waals surface area contributed by atoms with Crippen LogP contribution in [0.4, 0.5) is 8.78 Å². The second kappa shape index (κ2) is 5.54. The molecule has 1 N–H and O–H groups in total. The molecular formula is C14H11ClF2N2O. The fourth-order valence-corrected chi connectivity index (χ4v) is 2.24. The Morgan fingerprint density at radius 2 is 1.85 bits per heavy atom. The molecule has 1 aromatic heterocycles. The number of aromatic amines is 1. The second-order valence-electron chi connectivity index (χ2n) is 4.42. The van der Waals surface area contributed by atoms with Gasteiger partial charge in [-0.25, -0.2) is 13.8 Å². The molecule has 6 heteroatoms. The number of hydrogen-bond acceptors (Lipinski definition) is 1. The lowest BCUT2D eigenvalue weighted by Crippen LogP contribution is -3.00. The maximum Gasteiger partial charge on any atom is 0.261 e. The van der Waals surface area contributed by atoms with Crippen LogP contribution in [-0.2, 0) is 13.1 Å². The molecule has 0 saturated carbocycles. The fraction of sp³-hybridized carbons (Fsp3) is 0.143. The van der Waals surface area contributed by atoms with E-state index in [4.69, 9.17) is 0 Å². The van der Waals surface area contributed by atoms with Crippen LogP contribution >= 0.6 is 0 Å². The minimum Gasteiger partial charge on any atom is -1.00 e. The van der Waals surface area contributed by atoms with E-state index in [1.807, 2.05) is 0 Å². The summed E-state index contributed by atoms with van der Waals surface area (Å²) in [6, 6.07) is 7.12. The van der Waals surface area contributed by atoms with Gasteiger partial charge in [-0.15, -0.1) is 0 Å². The highest BCUT2D eigenvalue weighted by Crippen LogP contribution is 2.22. The molecule has 1 aromatic carbocycles. The van der Waals surface area contributed by atoms with Gasteiger partial charge in [-0.1, -0.05) is 6.07 Å². The van der Waals surface area contributed by atoms with Crippen molar-refractivity contribution >= 4 is 5.91 Å². The van der Waals surface area contributed by atoms with Crippen molar-refractivity contribution in [2.24, 2.45) is 0 Å². The Balaban J connectivity index is 0.00000147. The summed E-state index contributed by atoms with van der Waals surface area (Å²) in [5.74, 6) is -1.48. The lowest BCUT2D eigenvalue weighted by atomic mass is 10.2. The van der Waals surface area contributed by atoms with Gasteiger partial charge in [0.2, 0.25) is 5.69 Å². The third kappa shape index (κ3) is 2.36. The standard InChI is InChI=1S/C14H10F2N2O.ClH/c15-11-4-1-5-12(16)10(11)7-18-8-13-9(14(18)19)3-2-6-17-13;/h1-6H,7-8H2;1H. The van der Waals surface area contributed by atoms with Crippen LogP contribution in [0.1, 0.15) is 21.6 Å². The number of nitrogens with zero attached hydrogens (tertiary/aromatic N) is 1. The normalized spacial score (nSPS) is 13.1. The molecule has 20 heavy (non-hydrogen) atoms. The highest BCUT2D eigenvalue weighted by molar-refractivity contribution is 5.97. The number of aromatic nitrogens is 1. The largest absolute Gasteiger partial charge is 1.00 e. The summed E-state index contributed by atoms with van der Waals surface area (Å²) < 4.78 is 27.1. The molecule has 0 fully saturated rings. The van der Waals surface area contributed by atoms with Crippen LogP contribution < -0.4 is 17.4 Å². The molecule has 2 heterocycles. The van der Waals surface area contributed by atoms with E-state index < -0.39 is 11.6 Å². The summed E-state index contributed by atoms with van der Waals surface area (Å²) in [5.41, 5.74) is 1.24. The Morgan fingerprint density at radius 3 is 2.50 bits per heavy atom. The average Bonchev–Trinajstić information content (AvgIpc) is 2.72. The van der Waals surface area contributed by atoms with Gasteiger partial charge in [-0.05, 0) is 18.2 Å². The van der Waals surface area contributed by atoms with Crippen molar-refractivity contribution in [3.63, 3.8) is 0 Å². The quantitative estimate of drug-likeness (QED) is 0.696. The molecule has 0 spiro atoms. The number of carbonyl (C=O) groups excluding carboxylic acids is 1. The number of nitrogens with one attached hydrogen (secondary N) is 1. The maximum absolute atomic E-state index is 13.6. The molecule has 1 aliphatic heterocycles. The number of halogens is 3. The van der Waals surface area contributed by atoms with Crippen LogP contribution in [0, 0.1) is 11.6 Å². The van der Waals surface area contributed by atoms with E-state index >= 15 is 0 Å². The minimum atomic E-state index is -0.632. The van der Waals surface area contributed by atoms with Gasteiger partial charge in [0.05, 0.1) is 6.54 Å². The molecular weight excluding hydrogens is 286 g/mol. The Labute approximate surface area is 120 Å². The first kappa shape index (κ1) is 14.4. The van der Waals surface area contributed by atoms with Gasteiger partial charge in [-0.2, -0.15) is 0 Å². The minimum absolute atomic E-state index is 0. The van der Waals surface area contributed by atoms with E-state index in [0.717, 1.165) is 5.69 Å². The van der Waals surface area contributed by atoms with E-state index in [9.17, 15) is 13.6 Å². The Morgan fingerprint density at radius 1 is 1.15 bits per heavy atom. The molecule has 0 bridgehead atoms. The molecule has 0 atom stereocenters. The van der Waals surface area contributed by atoms with Gasteiger partial charge >= 0.3 is 0 Å². The van der Waals surface area contributed by atoms with Crippen molar-refractivity contribution in [2.75, 3.05) is 0 Å². The molecule has 0 unspecified atom stereocenters. The average molecular weight is 297 g/mol. The van der Waals surface area contributed by atoms with Gasteiger partial charge in [-0.3, -0.25) is 4.79 Å². The fourth-order valence-electron chi connectivity index (χ4n) is 2.24. The van der Waals surface area contributed by atoms with Crippen LogP contribution in [0.15, 0.2) is 36.5 Å². The summed E-state index contributed by atoms with van der Waals surface area (Å²) in [6.45, 7) is 0.267. The van der Waals surface area contributed by atoms with Crippen molar-refractivity contribution < 1.29 is 31.0 Å². The predicted molar refractivity (Wildman–Crippen MR) is 62.9 cm³/mol. The van der Waals surface area contributed by atoms with Crippen molar-refractivity contribution in [2.45, 2.75) is 13.1 Å². The zero-order valence-electron chi connectivity index (χ0n) is 10.4. The van der Waals surface area contributed by atoms with E-state index in [1.165, 1.54) is 23.1 Å². The zero-order chi connectivity index (χ0) is 13.4. The molecule has 1 aliphatic rings. The zero-order valence-corrected chi connectivity index (χ0v) is 11.1. The van der Waals surface area contributed by atoms with Crippen molar-refractivity contribution in [3.8, 4) is 0 Å². The maximum atomic E-state index is 13.6. The molecule has 104 valence electrons. The first-order chi connectivity index (χ1) is 9.16. The van der Waals surface area contributed by atoms with Gasteiger partial charge < -0.3 is 17.3 Å². The Hall–Kier alpha value is -2.01. The number of pyridine rings is 1. The SMILES string of the molecule is O=C1c2ccc[nH+]c2CN1Cc1c(F)cccc1F.[Cl-]. The van der Waals surface area contributed by atoms with Gasteiger partial charge in [0.1, 0.15) is 23.7 Å². The Kier molecular flexibility index (Phi) is 3.99. The summed E-state index contributed by atoms with van der Waals surface area (Å²) in [7, 11) is 0. The molecule has 0 saturated heterocycles. The Bertz CT molecular complexity index is 643. The molecule has 3 nitrogen and oxygen atoms in total. The number of hydrogen-bond donors (Lipinski definition) is 0. The van der Waals surface area contributed by atoms with Crippen LogP contribution in [-0.4, -0.2) is 10.8 Å². The first-order valence-electron chi connectivity index (χ1n) is 5.88. The molecule has 3 rings (SSSR count). The number of carbonyl (C=O) groups is 1. The predicted octanol–water partition coefficient (Wildman–Crippen LogP) is -1.06. The molecule has 2 aromatic rings. The molecule has 0 radical (unpaired) electrons. The molecule has 0 aliphatic carbocycles. The number of fused-ring (bicyclic) bond motifs is 1. The smallest absolute Gasteiger partial charge is 0.261 e. The van der Waals surface area contributed by atoms with Crippen molar-refractivity contribution in [3.05, 3.63) is 65.0 Å². The van der Waals surface area contributed by atoms with Crippen LogP contribution in [0.25, 0.3) is 0 Å². The van der Waals surface area contributed by atoms with Gasteiger partial charge in [0, 0.05) is 11.6 Å². The summed E-state index contributed by atoms with van der Waals surface area (Å²) >= 11 is 0. The summed E-state index contributed by atoms with van der Waals surface area (Å²) in [4.78, 5) is 16.5. The highest BCUT2D eigenvalue weighted by Gasteiger charge is 2.32. The van der Waals surface area contributed by atoms with Crippen LogP contribution in [0.3, 0.4) is 0 Å². The van der Waals surface area contributed by atoms with Gasteiger partial charge in [0.25, 0.3) is 5.91 Å². The van der Waals surface area contributed by atoms with E-state index in [-0.39, 0.29) is 30.4 Å². The van der Waals surface area contributed by atoms with Crippen molar-refractivity contribution in [1.82, 2.24) is 4.90 Å². The number of rotatable bonds is 2. The first-order valence-corrected chi connectivity index (χ1v) is 5.88. The molecule has 1 amide bonds.